The zero-order valence-corrected chi connectivity index (χ0v) is 34.9. The van der Waals surface area contributed by atoms with Crippen LogP contribution in [0.3, 0.4) is 0 Å². The Morgan fingerprint density at radius 1 is 0.369 bits per heavy atom. The second-order valence-electron chi connectivity index (χ2n) is 16.0. The molecule has 4 nitrogen and oxygen atoms in total. The number of fused-ring (bicyclic) bond motifs is 3. The molecule has 0 fully saturated rings. The van der Waals surface area contributed by atoms with Crippen molar-refractivity contribution in [3.05, 3.63) is 204 Å². The Morgan fingerprint density at radius 3 is 1.31 bits per heavy atom. The predicted molar refractivity (Wildman–Crippen MR) is 246 cm³/mol. The molecule has 0 aliphatic carbocycles. The molecule has 10 heteroatoms. The van der Waals surface area contributed by atoms with Gasteiger partial charge >= 0.3 is 12.4 Å². The standard InChI is InChI=1S/C55H36F6N4/c1-33-13-9-11-19-41(33)37-21-25-44-45-26-22-38(42-20-12-10-14-34(42)2)30-49(45)65(48(44)29-37)50-31-39(43-28-24-40(54(56,57)58)32-47(43)55(59,60)61)23-27-46(50)53-63-51(35-15-5-3-6-16-35)62-52(64-53)36-17-7-4-8-18-36/h3-32H,1-2H3. The summed E-state index contributed by atoms with van der Waals surface area (Å²) in [5.41, 5.74) is 6.53. The summed E-state index contributed by atoms with van der Waals surface area (Å²) in [6.07, 6.45) is -10.1. The van der Waals surface area contributed by atoms with Gasteiger partial charge in [0.15, 0.2) is 17.5 Å². The highest BCUT2D eigenvalue weighted by molar-refractivity contribution is 6.12. The number of hydrogen-bond acceptors (Lipinski definition) is 3. The van der Waals surface area contributed by atoms with Gasteiger partial charge in [-0.3, -0.25) is 0 Å². The van der Waals surface area contributed by atoms with Crippen molar-refractivity contribution in [1.82, 2.24) is 19.5 Å². The molecular weight excluding hydrogens is 831 g/mol. The summed E-state index contributed by atoms with van der Waals surface area (Å²) in [4.78, 5) is 15.0. The van der Waals surface area contributed by atoms with Gasteiger partial charge in [0.05, 0.1) is 27.8 Å². The first-order chi connectivity index (χ1) is 31.3. The molecule has 2 heterocycles. The van der Waals surface area contributed by atoms with Gasteiger partial charge in [-0.25, -0.2) is 15.0 Å². The third kappa shape index (κ3) is 7.71. The highest BCUT2D eigenvalue weighted by atomic mass is 19.4. The monoisotopic (exact) mass is 866 g/mol. The Morgan fingerprint density at radius 2 is 0.815 bits per heavy atom. The summed E-state index contributed by atoms with van der Waals surface area (Å²) in [6, 6.07) is 53.7. The van der Waals surface area contributed by atoms with Gasteiger partial charge in [0, 0.05) is 27.5 Å². The Hall–Kier alpha value is -7.85. The van der Waals surface area contributed by atoms with Crippen LogP contribution in [0.2, 0.25) is 0 Å². The van der Waals surface area contributed by atoms with Gasteiger partial charge in [0.1, 0.15) is 0 Å². The van der Waals surface area contributed by atoms with Crippen molar-refractivity contribution in [2.75, 3.05) is 0 Å². The van der Waals surface area contributed by atoms with Crippen LogP contribution in [0.5, 0.6) is 0 Å². The van der Waals surface area contributed by atoms with E-state index in [9.17, 15) is 26.3 Å². The third-order valence-corrected chi connectivity index (χ3v) is 11.8. The smallest absolute Gasteiger partial charge is 0.308 e. The minimum Gasteiger partial charge on any atom is -0.308 e. The first kappa shape index (κ1) is 41.2. The number of benzene rings is 8. The lowest BCUT2D eigenvalue weighted by atomic mass is 9.95. The molecule has 0 amide bonds. The number of halogens is 6. The van der Waals surface area contributed by atoms with Gasteiger partial charge in [-0.15, -0.1) is 0 Å². The zero-order chi connectivity index (χ0) is 45.0. The van der Waals surface area contributed by atoms with Crippen molar-refractivity contribution in [3.63, 3.8) is 0 Å². The molecule has 10 rings (SSSR count). The van der Waals surface area contributed by atoms with Crippen molar-refractivity contribution in [3.8, 4) is 73.2 Å². The van der Waals surface area contributed by atoms with Crippen LogP contribution in [0, 0.1) is 13.8 Å². The van der Waals surface area contributed by atoms with Crippen LogP contribution < -0.4 is 0 Å². The van der Waals surface area contributed by atoms with E-state index in [1.807, 2.05) is 128 Å². The molecule has 318 valence electrons. The normalized spacial score (nSPS) is 12.0. The first-order valence-corrected chi connectivity index (χ1v) is 20.8. The minimum atomic E-state index is -5.11. The van der Waals surface area contributed by atoms with E-state index < -0.39 is 29.0 Å². The summed E-state index contributed by atoms with van der Waals surface area (Å²) >= 11 is 0. The fourth-order valence-corrected chi connectivity index (χ4v) is 8.62. The van der Waals surface area contributed by atoms with Crippen molar-refractivity contribution in [1.29, 1.82) is 0 Å². The van der Waals surface area contributed by atoms with E-state index >= 15 is 0 Å². The molecule has 8 aromatic carbocycles. The van der Waals surface area contributed by atoms with Crippen LogP contribution in [0.4, 0.5) is 26.3 Å². The molecule has 0 radical (unpaired) electrons. The Bertz CT molecular complexity index is 3270. The van der Waals surface area contributed by atoms with Crippen molar-refractivity contribution in [2.45, 2.75) is 26.2 Å². The molecule has 0 saturated carbocycles. The van der Waals surface area contributed by atoms with Gasteiger partial charge in [0.2, 0.25) is 0 Å². The fraction of sp³-hybridized carbons (Fsp3) is 0.0727. The third-order valence-electron chi connectivity index (χ3n) is 11.8. The molecule has 0 aliphatic rings. The van der Waals surface area contributed by atoms with E-state index in [-0.39, 0.29) is 17.5 Å². The lowest BCUT2D eigenvalue weighted by Gasteiger charge is -2.19. The molecule has 0 bridgehead atoms. The maximum Gasteiger partial charge on any atom is 0.417 e. The average Bonchev–Trinajstić information content (AvgIpc) is 3.64. The maximum atomic E-state index is 14.9. The summed E-state index contributed by atoms with van der Waals surface area (Å²) in [6.45, 7) is 4.06. The van der Waals surface area contributed by atoms with Crippen molar-refractivity contribution >= 4 is 21.8 Å². The Balaban J connectivity index is 1.34. The van der Waals surface area contributed by atoms with E-state index in [1.54, 1.807) is 12.1 Å². The second kappa shape index (κ2) is 16.1. The summed E-state index contributed by atoms with van der Waals surface area (Å²) in [7, 11) is 0. The van der Waals surface area contributed by atoms with E-state index in [0.717, 1.165) is 61.3 Å². The largest absolute Gasteiger partial charge is 0.417 e. The highest BCUT2D eigenvalue weighted by Gasteiger charge is 2.38. The van der Waals surface area contributed by atoms with Crippen molar-refractivity contribution in [2.24, 2.45) is 0 Å². The Labute approximate surface area is 370 Å². The number of hydrogen-bond donors (Lipinski definition) is 0. The number of rotatable bonds is 7. The molecular formula is C55H36F6N4. The minimum absolute atomic E-state index is 0.0468. The number of aryl methyl sites for hydroxylation is 2. The Kier molecular flexibility index (Phi) is 10.2. The quantitative estimate of drug-likeness (QED) is 0.150. The maximum absolute atomic E-state index is 14.9. The molecule has 10 aromatic rings. The van der Waals surface area contributed by atoms with Gasteiger partial charge < -0.3 is 4.57 Å². The molecule has 0 N–H and O–H groups in total. The van der Waals surface area contributed by atoms with Gasteiger partial charge in [-0.2, -0.15) is 26.3 Å². The SMILES string of the molecule is Cc1ccccc1-c1ccc2c3ccc(-c4ccccc4C)cc3n(-c3cc(-c4ccc(C(F)(F)F)cc4C(F)(F)F)ccc3-c3nc(-c4ccccc4)nc(-c4ccccc4)n3)c2c1. The van der Waals surface area contributed by atoms with Crippen LogP contribution in [-0.2, 0) is 12.4 Å². The summed E-state index contributed by atoms with van der Waals surface area (Å²) in [5.74, 6) is 0.984. The number of aromatic nitrogens is 4. The zero-order valence-electron chi connectivity index (χ0n) is 34.9. The first-order valence-electron chi connectivity index (χ1n) is 20.8. The van der Waals surface area contributed by atoms with Gasteiger partial charge in [-0.05, 0) is 94.8 Å². The van der Waals surface area contributed by atoms with E-state index in [0.29, 0.717) is 40.1 Å². The lowest BCUT2D eigenvalue weighted by Crippen LogP contribution is -2.12. The topological polar surface area (TPSA) is 43.6 Å². The van der Waals surface area contributed by atoms with Crippen LogP contribution in [0.15, 0.2) is 182 Å². The van der Waals surface area contributed by atoms with Gasteiger partial charge in [-0.1, -0.05) is 146 Å². The highest BCUT2D eigenvalue weighted by Crippen LogP contribution is 2.45. The lowest BCUT2D eigenvalue weighted by molar-refractivity contribution is -0.142. The molecule has 0 unspecified atom stereocenters. The number of alkyl halides is 6. The molecule has 0 saturated heterocycles. The summed E-state index contributed by atoms with van der Waals surface area (Å²) < 4.78 is 88.7. The van der Waals surface area contributed by atoms with Crippen molar-refractivity contribution < 1.29 is 26.3 Å². The molecule has 0 aliphatic heterocycles. The van der Waals surface area contributed by atoms with E-state index in [2.05, 4.69) is 36.4 Å². The predicted octanol–water partition coefficient (Wildman–Crippen LogP) is 15.6. The van der Waals surface area contributed by atoms with Gasteiger partial charge in [0.25, 0.3) is 0 Å². The second-order valence-corrected chi connectivity index (χ2v) is 16.0. The fourth-order valence-electron chi connectivity index (χ4n) is 8.62. The van der Waals surface area contributed by atoms with Crippen LogP contribution in [0.1, 0.15) is 22.3 Å². The van der Waals surface area contributed by atoms with E-state index in [1.165, 1.54) is 6.07 Å². The van der Waals surface area contributed by atoms with E-state index in [4.69, 9.17) is 15.0 Å². The van der Waals surface area contributed by atoms with Crippen LogP contribution in [0.25, 0.3) is 95.0 Å². The number of nitrogens with zero attached hydrogens (tertiary/aromatic N) is 4. The summed E-state index contributed by atoms with van der Waals surface area (Å²) in [5, 5.41) is 1.75. The molecule has 2 aromatic heterocycles. The van der Waals surface area contributed by atoms with Crippen LogP contribution >= 0.6 is 0 Å². The molecule has 0 atom stereocenters. The molecule has 0 spiro atoms. The van der Waals surface area contributed by atoms with Crippen LogP contribution in [-0.4, -0.2) is 19.5 Å². The molecule has 65 heavy (non-hydrogen) atoms. The average molecular weight is 867 g/mol.